The lowest BCUT2D eigenvalue weighted by Crippen LogP contribution is -2.12. The van der Waals surface area contributed by atoms with E-state index in [1.54, 1.807) is 24.3 Å². The molecule has 2 aromatic rings. The van der Waals surface area contributed by atoms with Gasteiger partial charge >= 0.3 is 0 Å². The van der Waals surface area contributed by atoms with Crippen molar-refractivity contribution in [2.45, 2.75) is 11.3 Å². The average Bonchev–Trinajstić information content (AvgIpc) is 2.44. The van der Waals surface area contributed by atoms with E-state index in [0.29, 0.717) is 10.6 Å². The van der Waals surface area contributed by atoms with Crippen molar-refractivity contribution in [2.24, 2.45) is 5.14 Å². The second-order valence-electron chi connectivity index (χ2n) is 4.88. The predicted molar refractivity (Wildman–Crippen MR) is 88.7 cm³/mol. The monoisotopic (exact) mass is 351 g/mol. The zero-order valence-electron chi connectivity index (χ0n) is 11.9. The summed E-state index contributed by atoms with van der Waals surface area (Å²) < 4.78 is 22.4. The summed E-state index contributed by atoms with van der Waals surface area (Å²) in [5.74, 6) is -0.612. The minimum absolute atomic E-state index is 0.151. The molecule has 0 saturated carbocycles. The number of nitrogens with two attached hydrogens (primary N) is 1. The number of aromatic hydroxyl groups is 1. The standard InChI is InChI=1S/C16H14ClNO4S/c17-13-3-1-2-12(8-13)9-14(19)6-4-11-5-7-16(15(20)10-11)23(18,21)22/h1-8,10,20H,9H2,(H2,18,21,22)/b6-4+. The number of rotatable bonds is 5. The number of hydrogen-bond acceptors (Lipinski definition) is 4. The smallest absolute Gasteiger partial charge is 0.241 e. The van der Waals surface area contributed by atoms with E-state index in [-0.39, 0.29) is 17.1 Å². The van der Waals surface area contributed by atoms with Crippen LogP contribution in [-0.2, 0) is 21.2 Å². The fourth-order valence-electron chi connectivity index (χ4n) is 1.97. The van der Waals surface area contributed by atoms with E-state index in [9.17, 15) is 18.3 Å². The Balaban J connectivity index is 2.11. The van der Waals surface area contributed by atoms with E-state index in [4.69, 9.17) is 16.7 Å². The topological polar surface area (TPSA) is 97.5 Å². The largest absolute Gasteiger partial charge is 0.507 e. The average molecular weight is 352 g/mol. The van der Waals surface area contributed by atoms with Gasteiger partial charge in [0.15, 0.2) is 5.78 Å². The molecule has 0 aliphatic carbocycles. The van der Waals surface area contributed by atoms with Crippen molar-refractivity contribution in [1.82, 2.24) is 0 Å². The molecule has 3 N–H and O–H groups in total. The van der Waals surface area contributed by atoms with Gasteiger partial charge in [-0.05, 0) is 41.5 Å². The van der Waals surface area contributed by atoms with Gasteiger partial charge in [0.25, 0.3) is 0 Å². The van der Waals surface area contributed by atoms with Crippen molar-refractivity contribution in [3.63, 3.8) is 0 Å². The Morgan fingerprint density at radius 3 is 2.57 bits per heavy atom. The molecule has 7 heteroatoms. The van der Waals surface area contributed by atoms with Crippen LogP contribution in [0.2, 0.25) is 5.02 Å². The van der Waals surface area contributed by atoms with E-state index in [2.05, 4.69) is 0 Å². The van der Waals surface area contributed by atoms with Crippen LogP contribution in [0, 0.1) is 0 Å². The van der Waals surface area contributed by atoms with E-state index in [1.807, 2.05) is 0 Å². The van der Waals surface area contributed by atoms with Crippen LogP contribution in [-0.4, -0.2) is 19.3 Å². The van der Waals surface area contributed by atoms with Gasteiger partial charge in [-0.1, -0.05) is 35.9 Å². The maximum Gasteiger partial charge on any atom is 0.241 e. The van der Waals surface area contributed by atoms with Gasteiger partial charge in [0.1, 0.15) is 10.6 Å². The van der Waals surface area contributed by atoms with Crippen LogP contribution in [0.4, 0.5) is 0 Å². The van der Waals surface area contributed by atoms with Crippen molar-refractivity contribution >= 4 is 33.5 Å². The Morgan fingerprint density at radius 2 is 1.96 bits per heavy atom. The van der Waals surface area contributed by atoms with Crippen LogP contribution in [0.3, 0.4) is 0 Å². The second kappa shape index (κ2) is 6.95. The predicted octanol–water partition coefficient (Wildman–Crippen LogP) is 2.52. The number of carbonyl (C=O) groups is 1. The van der Waals surface area contributed by atoms with Crippen molar-refractivity contribution in [3.8, 4) is 5.75 Å². The number of carbonyl (C=O) groups excluding carboxylic acids is 1. The van der Waals surface area contributed by atoms with Gasteiger partial charge in [-0.2, -0.15) is 0 Å². The Kier molecular flexibility index (Phi) is 5.20. The Morgan fingerprint density at radius 1 is 1.22 bits per heavy atom. The molecule has 2 aromatic carbocycles. The first-order chi connectivity index (χ1) is 10.8. The highest BCUT2D eigenvalue weighted by Gasteiger charge is 2.13. The summed E-state index contributed by atoms with van der Waals surface area (Å²) in [6.45, 7) is 0. The molecule has 0 unspecified atom stereocenters. The number of sulfonamides is 1. The molecule has 0 bridgehead atoms. The molecule has 0 aliphatic rings. The number of primary sulfonamides is 1. The third-order valence-corrected chi connectivity index (χ3v) is 4.21. The van der Waals surface area contributed by atoms with Crippen LogP contribution < -0.4 is 5.14 Å². The number of hydrogen-bond donors (Lipinski definition) is 2. The lowest BCUT2D eigenvalue weighted by atomic mass is 10.1. The van der Waals surface area contributed by atoms with Crippen LogP contribution >= 0.6 is 11.6 Å². The molecule has 0 heterocycles. The van der Waals surface area contributed by atoms with Crippen molar-refractivity contribution in [1.29, 1.82) is 0 Å². The maximum atomic E-state index is 11.9. The van der Waals surface area contributed by atoms with Crippen molar-refractivity contribution in [3.05, 3.63) is 64.7 Å². The summed E-state index contributed by atoms with van der Waals surface area (Å²) in [5.41, 5.74) is 1.27. The van der Waals surface area contributed by atoms with E-state index in [0.717, 1.165) is 5.56 Å². The zero-order chi connectivity index (χ0) is 17.0. The second-order valence-corrected chi connectivity index (χ2v) is 6.84. The summed E-state index contributed by atoms with van der Waals surface area (Å²) in [5, 5.41) is 15.2. The quantitative estimate of drug-likeness (QED) is 0.809. The highest BCUT2D eigenvalue weighted by Crippen LogP contribution is 2.23. The van der Waals surface area contributed by atoms with Gasteiger partial charge in [-0.3, -0.25) is 4.79 Å². The summed E-state index contributed by atoms with van der Waals surface area (Å²) >= 11 is 5.85. The Hall–Kier alpha value is -2.15. The minimum Gasteiger partial charge on any atom is -0.507 e. The lowest BCUT2D eigenvalue weighted by Gasteiger charge is -2.03. The van der Waals surface area contributed by atoms with Gasteiger partial charge < -0.3 is 5.11 Å². The van der Waals surface area contributed by atoms with Crippen molar-refractivity contribution in [2.75, 3.05) is 0 Å². The molecule has 0 aromatic heterocycles. The molecule has 2 rings (SSSR count). The molecule has 23 heavy (non-hydrogen) atoms. The molecule has 0 spiro atoms. The lowest BCUT2D eigenvalue weighted by molar-refractivity contribution is -0.113. The van der Waals surface area contributed by atoms with E-state index < -0.39 is 15.8 Å². The summed E-state index contributed by atoms with van der Waals surface area (Å²) in [6, 6.07) is 10.8. The van der Waals surface area contributed by atoms with Gasteiger partial charge in [0.05, 0.1) is 0 Å². The number of ketones is 1. The van der Waals surface area contributed by atoms with E-state index in [1.165, 1.54) is 30.4 Å². The third kappa shape index (κ3) is 4.92. The minimum atomic E-state index is -3.98. The van der Waals surface area contributed by atoms with Gasteiger partial charge in [-0.25, -0.2) is 13.6 Å². The molecule has 0 radical (unpaired) electrons. The highest BCUT2D eigenvalue weighted by atomic mass is 35.5. The number of benzene rings is 2. The van der Waals surface area contributed by atoms with Crippen LogP contribution in [0.5, 0.6) is 5.75 Å². The fraction of sp³-hybridized carbons (Fsp3) is 0.0625. The molecule has 120 valence electrons. The summed E-state index contributed by atoms with van der Waals surface area (Å²) in [6.07, 6.45) is 3.03. The first-order valence-corrected chi connectivity index (χ1v) is 8.49. The number of phenolic OH excluding ortho intramolecular Hbond substituents is 1. The number of allylic oxidation sites excluding steroid dienone is 1. The van der Waals surface area contributed by atoms with Gasteiger partial charge in [0.2, 0.25) is 10.0 Å². The SMILES string of the molecule is NS(=O)(=O)c1ccc(/C=C/C(=O)Cc2cccc(Cl)c2)cc1O. The molecule has 0 fully saturated rings. The third-order valence-electron chi connectivity index (χ3n) is 3.02. The van der Waals surface area contributed by atoms with E-state index >= 15 is 0 Å². The molecular weight excluding hydrogens is 338 g/mol. The van der Waals surface area contributed by atoms with Crippen LogP contribution in [0.1, 0.15) is 11.1 Å². The molecule has 0 atom stereocenters. The van der Waals surface area contributed by atoms with Crippen LogP contribution in [0.25, 0.3) is 6.08 Å². The molecular formula is C16H14ClNO4S. The zero-order valence-corrected chi connectivity index (χ0v) is 13.5. The van der Waals surface area contributed by atoms with Gasteiger partial charge in [-0.15, -0.1) is 0 Å². The first kappa shape index (κ1) is 17.2. The fourth-order valence-corrected chi connectivity index (χ4v) is 2.80. The normalized spacial score (nSPS) is 11.7. The highest BCUT2D eigenvalue weighted by molar-refractivity contribution is 7.89. The molecule has 0 aliphatic heterocycles. The maximum absolute atomic E-state index is 11.9. The molecule has 5 nitrogen and oxygen atoms in total. The summed E-state index contributed by atoms with van der Waals surface area (Å²) in [7, 11) is -3.98. The van der Waals surface area contributed by atoms with Crippen LogP contribution in [0.15, 0.2) is 53.4 Å². The Bertz CT molecular complexity index is 875. The summed E-state index contributed by atoms with van der Waals surface area (Å²) in [4.78, 5) is 11.5. The van der Waals surface area contributed by atoms with Crippen molar-refractivity contribution < 1.29 is 18.3 Å². The molecule has 0 amide bonds. The number of phenols is 1. The molecule has 0 saturated heterocycles. The Labute approximate surface area is 139 Å². The van der Waals surface area contributed by atoms with Gasteiger partial charge in [0, 0.05) is 11.4 Å². The number of halogens is 1. The first-order valence-electron chi connectivity index (χ1n) is 6.57.